The maximum atomic E-state index is 12.6. The van der Waals surface area contributed by atoms with Gasteiger partial charge in [0.05, 0.1) is 6.54 Å². The summed E-state index contributed by atoms with van der Waals surface area (Å²) in [5.74, 6) is -0.416. The van der Waals surface area contributed by atoms with E-state index in [1.807, 2.05) is 0 Å². The molecule has 1 aromatic rings. The van der Waals surface area contributed by atoms with Gasteiger partial charge in [-0.25, -0.2) is 14.5 Å². The third-order valence-electron chi connectivity index (χ3n) is 3.11. The zero-order chi connectivity index (χ0) is 20.8. The molecular formula is C20H29NO6. The van der Waals surface area contributed by atoms with Crippen LogP contribution >= 0.6 is 0 Å². The lowest BCUT2D eigenvalue weighted by Gasteiger charge is -2.29. The van der Waals surface area contributed by atoms with Crippen LogP contribution in [0.3, 0.4) is 0 Å². The van der Waals surface area contributed by atoms with Gasteiger partial charge in [-0.1, -0.05) is 24.3 Å². The van der Waals surface area contributed by atoms with Gasteiger partial charge in [0.15, 0.2) is 0 Å². The van der Waals surface area contributed by atoms with Gasteiger partial charge >= 0.3 is 18.2 Å². The highest BCUT2D eigenvalue weighted by Crippen LogP contribution is 2.19. The Kier molecular flexibility index (Phi) is 7.39. The fourth-order valence-corrected chi connectivity index (χ4v) is 2.04. The molecule has 27 heavy (non-hydrogen) atoms. The lowest BCUT2D eigenvalue weighted by atomic mass is 10.1. The van der Waals surface area contributed by atoms with Crippen LogP contribution in [0.4, 0.5) is 9.59 Å². The third kappa shape index (κ3) is 8.57. The summed E-state index contributed by atoms with van der Waals surface area (Å²) in [7, 11) is 0. The van der Waals surface area contributed by atoms with Gasteiger partial charge in [0.2, 0.25) is 0 Å². The van der Waals surface area contributed by atoms with Crippen molar-refractivity contribution in [3.63, 3.8) is 0 Å². The smallest absolute Gasteiger partial charge is 0.420 e. The number of imide groups is 1. The first-order valence-corrected chi connectivity index (χ1v) is 8.72. The first-order chi connectivity index (χ1) is 12.3. The van der Waals surface area contributed by atoms with Crippen molar-refractivity contribution in [2.24, 2.45) is 0 Å². The zero-order valence-electron chi connectivity index (χ0n) is 17.1. The molecule has 1 rings (SSSR count). The van der Waals surface area contributed by atoms with Crippen LogP contribution in [-0.4, -0.2) is 34.3 Å². The Bertz CT molecular complexity index is 656. The van der Waals surface area contributed by atoms with Crippen molar-refractivity contribution in [3.05, 3.63) is 35.4 Å². The van der Waals surface area contributed by atoms with E-state index in [0.29, 0.717) is 11.1 Å². The van der Waals surface area contributed by atoms with Crippen LogP contribution in [-0.2, 0) is 32.2 Å². The monoisotopic (exact) mass is 379 g/mol. The van der Waals surface area contributed by atoms with Crippen LogP contribution in [0.25, 0.3) is 0 Å². The summed E-state index contributed by atoms with van der Waals surface area (Å²) in [4.78, 5) is 37.2. The molecule has 2 amide bonds. The normalized spacial score (nSPS) is 11.5. The molecule has 7 nitrogen and oxygen atoms in total. The van der Waals surface area contributed by atoms with Crippen molar-refractivity contribution in [2.45, 2.75) is 72.8 Å². The van der Waals surface area contributed by atoms with E-state index in [1.165, 1.54) is 6.92 Å². The van der Waals surface area contributed by atoms with Crippen molar-refractivity contribution in [1.29, 1.82) is 0 Å². The lowest BCUT2D eigenvalue weighted by Crippen LogP contribution is -2.43. The molecule has 7 heteroatoms. The van der Waals surface area contributed by atoms with Crippen LogP contribution in [0.2, 0.25) is 0 Å². The van der Waals surface area contributed by atoms with E-state index in [2.05, 4.69) is 0 Å². The number of hydrogen-bond donors (Lipinski definition) is 0. The Hall–Kier alpha value is -2.57. The van der Waals surface area contributed by atoms with Crippen molar-refractivity contribution >= 4 is 18.2 Å². The summed E-state index contributed by atoms with van der Waals surface area (Å²) in [6, 6.07) is 7.07. The van der Waals surface area contributed by atoms with Gasteiger partial charge in [-0.2, -0.15) is 0 Å². The SMILES string of the molecule is CC(=O)OCc1ccccc1CN(C(=O)OC(C)(C)C)C(=O)OC(C)(C)C. The van der Waals surface area contributed by atoms with E-state index in [1.54, 1.807) is 65.8 Å². The van der Waals surface area contributed by atoms with E-state index < -0.39 is 29.4 Å². The predicted molar refractivity (Wildman–Crippen MR) is 99.9 cm³/mol. The highest BCUT2D eigenvalue weighted by atomic mass is 16.6. The molecule has 0 heterocycles. The van der Waals surface area contributed by atoms with E-state index in [0.717, 1.165) is 4.90 Å². The lowest BCUT2D eigenvalue weighted by molar-refractivity contribution is -0.142. The number of esters is 1. The second kappa shape index (κ2) is 8.88. The molecule has 150 valence electrons. The van der Waals surface area contributed by atoms with Gasteiger partial charge in [0.1, 0.15) is 17.8 Å². The van der Waals surface area contributed by atoms with E-state index in [4.69, 9.17) is 14.2 Å². The average Bonchev–Trinajstić information content (AvgIpc) is 2.47. The second-order valence-electron chi connectivity index (χ2n) is 8.10. The number of amides is 2. The number of nitrogens with zero attached hydrogens (tertiary/aromatic N) is 1. The molecule has 0 N–H and O–H groups in total. The van der Waals surface area contributed by atoms with Crippen LogP contribution in [0.5, 0.6) is 0 Å². The minimum absolute atomic E-state index is 0.0436. The van der Waals surface area contributed by atoms with Crippen LogP contribution in [0, 0.1) is 0 Å². The number of hydrogen-bond acceptors (Lipinski definition) is 6. The van der Waals surface area contributed by atoms with E-state index >= 15 is 0 Å². The summed E-state index contributed by atoms with van der Waals surface area (Å²) in [6.45, 7) is 11.6. The Balaban J connectivity index is 3.12. The molecule has 0 fully saturated rings. The van der Waals surface area contributed by atoms with E-state index in [-0.39, 0.29) is 13.2 Å². The first kappa shape index (κ1) is 22.5. The highest BCUT2D eigenvalue weighted by molar-refractivity contribution is 5.88. The maximum absolute atomic E-state index is 12.6. The molecule has 0 aliphatic heterocycles. The molecule has 0 saturated carbocycles. The second-order valence-corrected chi connectivity index (χ2v) is 8.10. The number of carbonyl (C=O) groups is 3. The number of benzene rings is 1. The predicted octanol–water partition coefficient (Wildman–Crippen LogP) is 4.42. The topological polar surface area (TPSA) is 82.1 Å². The number of rotatable bonds is 4. The van der Waals surface area contributed by atoms with Gasteiger partial charge in [-0.3, -0.25) is 4.79 Å². The van der Waals surface area contributed by atoms with Gasteiger partial charge in [-0.05, 0) is 52.7 Å². The number of carbonyl (C=O) groups excluding carboxylic acids is 3. The minimum atomic E-state index is -0.806. The summed E-state index contributed by atoms with van der Waals surface area (Å²) >= 11 is 0. The van der Waals surface area contributed by atoms with Crippen LogP contribution < -0.4 is 0 Å². The van der Waals surface area contributed by atoms with Crippen molar-refractivity contribution in [3.8, 4) is 0 Å². The largest absolute Gasteiger partial charge is 0.461 e. The summed E-state index contributed by atoms with van der Waals surface area (Å²) in [6.07, 6.45) is -1.61. The molecule has 0 aromatic heterocycles. The Morgan fingerprint density at radius 2 is 1.30 bits per heavy atom. The minimum Gasteiger partial charge on any atom is -0.461 e. The molecule has 0 saturated heterocycles. The van der Waals surface area contributed by atoms with Crippen LogP contribution in [0.1, 0.15) is 59.6 Å². The fraction of sp³-hybridized carbons (Fsp3) is 0.550. The van der Waals surface area contributed by atoms with Crippen molar-refractivity contribution < 1.29 is 28.6 Å². The molecule has 0 unspecified atom stereocenters. The Morgan fingerprint density at radius 1 is 0.852 bits per heavy atom. The van der Waals surface area contributed by atoms with Gasteiger partial charge in [0, 0.05) is 6.92 Å². The zero-order valence-corrected chi connectivity index (χ0v) is 17.1. The summed E-state index contributed by atoms with van der Waals surface area (Å²) in [5.41, 5.74) is -0.205. The molecule has 0 bridgehead atoms. The quantitative estimate of drug-likeness (QED) is 0.569. The standard InChI is InChI=1S/C20H29NO6/c1-14(22)25-13-16-11-9-8-10-15(16)12-21(17(23)26-19(2,3)4)18(24)27-20(5,6)7/h8-11H,12-13H2,1-7H3. The molecule has 0 aliphatic rings. The molecule has 0 radical (unpaired) electrons. The van der Waals surface area contributed by atoms with Crippen LogP contribution in [0.15, 0.2) is 24.3 Å². The fourth-order valence-electron chi connectivity index (χ4n) is 2.04. The molecule has 0 atom stereocenters. The van der Waals surface area contributed by atoms with Crippen molar-refractivity contribution in [2.75, 3.05) is 0 Å². The van der Waals surface area contributed by atoms with Crippen molar-refractivity contribution in [1.82, 2.24) is 4.90 Å². The van der Waals surface area contributed by atoms with Gasteiger partial charge in [-0.15, -0.1) is 0 Å². The molecular weight excluding hydrogens is 350 g/mol. The van der Waals surface area contributed by atoms with Gasteiger partial charge in [0.25, 0.3) is 0 Å². The Morgan fingerprint density at radius 3 is 1.70 bits per heavy atom. The first-order valence-electron chi connectivity index (χ1n) is 8.72. The van der Waals surface area contributed by atoms with E-state index in [9.17, 15) is 14.4 Å². The Labute approximate surface area is 160 Å². The number of ether oxygens (including phenoxy) is 3. The summed E-state index contributed by atoms with van der Waals surface area (Å²) in [5, 5.41) is 0. The molecule has 0 aliphatic carbocycles. The summed E-state index contributed by atoms with van der Waals surface area (Å²) < 4.78 is 15.7. The average molecular weight is 379 g/mol. The highest BCUT2D eigenvalue weighted by Gasteiger charge is 2.31. The molecule has 0 spiro atoms. The third-order valence-corrected chi connectivity index (χ3v) is 3.11. The maximum Gasteiger partial charge on any atom is 0.420 e. The molecule has 1 aromatic carbocycles. The van der Waals surface area contributed by atoms with Gasteiger partial charge < -0.3 is 14.2 Å².